The molecule has 0 amide bonds. The van der Waals surface area contributed by atoms with E-state index in [9.17, 15) is 14.0 Å². The van der Waals surface area contributed by atoms with Gasteiger partial charge in [-0.2, -0.15) is 0 Å². The first kappa shape index (κ1) is 19.6. The minimum atomic E-state index is -0.444. The Kier molecular flexibility index (Phi) is 6.09. The number of carbonyl (C=O) groups is 1. The number of rotatable bonds is 7. The van der Waals surface area contributed by atoms with E-state index in [1.54, 1.807) is 25.1 Å². The first-order chi connectivity index (χ1) is 13.5. The van der Waals surface area contributed by atoms with E-state index >= 15 is 0 Å². The summed E-state index contributed by atoms with van der Waals surface area (Å²) in [6.07, 6.45) is 0.608. The largest absolute Gasteiger partial charge is 0.488 e. The zero-order valence-electron chi connectivity index (χ0n) is 15.8. The molecular weight excluding hydrogens is 363 g/mol. The molecule has 0 atom stereocenters. The molecule has 3 rings (SSSR count). The number of esters is 1. The summed E-state index contributed by atoms with van der Waals surface area (Å²) in [7, 11) is 0. The van der Waals surface area contributed by atoms with Crippen LogP contribution >= 0.6 is 0 Å². The fraction of sp³-hybridized carbons (Fsp3) is 0.273. The highest BCUT2D eigenvalue weighted by molar-refractivity contribution is 5.83. The van der Waals surface area contributed by atoms with Crippen molar-refractivity contribution in [3.63, 3.8) is 0 Å². The molecule has 0 radical (unpaired) electrons. The van der Waals surface area contributed by atoms with E-state index in [4.69, 9.17) is 13.9 Å². The third kappa shape index (κ3) is 4.76. The minimum Gasteiger partial charge on any atom is -0.488 e. The van der Waals surface area contributed by atoms with Crippen LogP contribution in [-0.4, -0.2) is 12.6 Å². The summed E-state index contributed by atoms with van der Waals surface area (Å²) in [5, 5.41) is 0.775. The van der Waals surface area contributed by atoms with Crippen LogP contribution in [0.15, 0.2) is 51.7 Å². The molecule has 6 heteroatoms. The van der Waals surface area contributed by atoms with Crippen molar-refractivity contribution in [1.29, 1.82) is 0 Å². The molecule has 3 aromatic rings. The molecule has 5 nitrogen and oxygen atoms in total. The average molecular weight is 384 g/mol. The lowest BCUT2D eigenvalue weighted by Gasteiger charge is -2.13. The number of carbonyl (C=O) groups excluding carboxylic acids is 1. The molecule has 0 bridgehead atoms. The maximum Gasteiger partial charge on any atom is 0.336 e. The van der Waals surface area contributed by atoms with Crippen LogP contribution in [0.5, 0.6) is 5.75 Å². The fourth-order valence-corrected chi connectivity index (χ4v) is 2.98. The highest BCUT2D eigenvalue weighted by Gasteiger charge is 2.13. The quantitative estimate of drug-likeness (QED) is 0.448. The van der Waals surface area contributed by atoms with E-state index in [-0.39, 0.29) is 24.8 Å². The van der Waals surface area contributed by atoms with Gasteiger partial charge in [-0.05, 0) is 55.2 Å². The first-order valence-electron chi connectivity index (χ1n) is 9.06. The number of ether oxygens (including phenoxy) is 2. The third-order valence-electron chi connectivity index (χ3n) is 4.32. The standard InChI is InChI=1S/C22H21FO5/c1-3-26-21(24)8-7-16-11-18-14(2)9-22(25)28-20(18)12-19(16)27-13-15-5-4-6-17(23)10-15/h4-6,9-12H,3,7-8,13H2,1-2H3. The Balaban J connectivity index is 1.93. The zero-order chi connectivity index (χ0) is 20.1. The van der Waals surface area contributed by atoms with Crippen molar-refractivity contribution in [1.82, 2.24) is 0 Å². The van der Waals surface area contributed by atoms with Gasteiger partial charge in [0.1, 0.15) is 23.8 Å². The molecule has 1 aromatic heterocycles. The van der Waals surface area contributed by atoms with Crippen LogP contribution < -0.4 is 10.4 Å². The average Bonchev–Trinajstić information content (AvgIpc) is 2.65. The third-order valence-corrected chi connectivity index (χ3v) is 4.32. The second-order valence-electron chi connectivity index (χ2n) is 6.43. The van der Waals surface area contributed by atoms with Crippen molar-refractivity contribution in [2.24, 2.45) is 0 Å². The summed E-state index contributed by atoms with van der Waals surface area (Å²) in [5.41, 5.74) is 2.19. The van der Waals surface area contributed by atoms with Gasteiger partial charge in [0.25, 0.3) is 0 Å². The molecule has 0 aliphatic carbocycles. The van der Waals surface area contributed by atoms with Gasteiger partial charge in [0.05, 0.1) is 6.61 Å². The topological polar surface area (TPSA) is 65.7 Å². The molecule has 0 fully saturated rings. The van der Waals surface area contributed by atoms with Crippen molar-refractivity contribution >= 4 is 16.9 Å². The van der Waals surface area contributed by atoms with Crippen molar-refractivity contribution in [2.75, 3.05) is 6.61 Å². The normalized spacial score (nSPS) is 10.8. The number of hydrogen-bond donors (Lipinski definition) is 0. The zero-order valence-corrected chi connectivity index (χ0v) is 15.8. The Morgan fingerprint density at radius 2 is 2.00 bits per heavy atom. The van der Waals surface area contributed by atoms with Gasteiger partial charge >= 0.3 is 11.6 Å². The van der Waals surface area contributed by atoms with E-state index < -0.39 is 5.63 Å². The maximum atomic E-state index is 13.4. The SMILES string of the molecule is CCOC(=O)CCc1cc2c(C)cc(=O)oc2cc1OCc1cccc(F)c1. The van der Waals surface area contributed by atoms with Gasteiger partial charge in [-0.25, -0.2) is 9.18 Å². The number of halogens is 1. The van der Waals surface area contributed by atoms with E-state index in [2.05, 4.69) is 0 Å². The van der Waals surface area contributed by atoms with Gasteiger partial charge in [-0.3, -0.25) is 4.79 Å². The maximum absolute atomic E-state index is 13.4. The van der Waals surface area contributed by atoms with Gasteiger partial charge in [0, 0.05) is 23.9 Å². The Labute approximate surface area is 161 Å². The summed E-state index contributed by atoms with van der Waals surface area (Å²) in [6, 6.07) is 11.0. The van der Waals surface area contributed by atoms with Crippen LogP contribution in [0.1, 0.15) is 30.0 Å². The second-order valence-corrected chi connectivity index (χ2v) is 6.43. The highest BCUT2D eigenvalue weighted by atomic mass is 19.1. The summed E-state index contributed by atoms with van der Waals surface area (Å²) < 4.78 is 29.6. The molecule has 146 valence electrons. The van der Waals surface area contributed by atoms with Gasteiger partial charge < -0.3 is 13.9 Å². The molecule has 1 heterocycles. The summed E-state index contributed by atoms with van der Waals surface area (Å²) in [5.74, 6) is -0.159. The van der Waals surface area contributed by atoms with E-state index in [1.165, 1.54) is 18.2 Å². The Hall–Kier alpha value is -3.15. The lowest BCUT2D eigenvalue weighted by Crippen LogP contribution is -2.07. The molecule has 0 saturated heterocycles. The van der Waals surface area contributed by atoms with Gasteiger partial charge in [-0.1, -0.05) is 12.1 Å². The van der Waals surface area contributed by atoms with Crippen LogP contribution in [-0.2, 0) is 22.6 Å². The molecule has 2 aromatic carbocycles. The van der Waals surface area contributed by atoms with Crippen LogP contribution in [0.3, 0.4) is 0 Å². The van der Waals surface area contributed by atoms with E-state index in [0.29, 0.717) is 29.9 Å². The van der Waals surface area contributed by atoms with Crippen molar-refractivity contribution in [3.8, 4) is 5.75 Å². The predicted molar refractivity (Wildman–Crippen MR) is 103 cm³/mol. The molecule has 0 aliphatic rings. The molecular formula is C22H21FO5. The lowest BCUT2D eigenvalue weighted by atomic mass is 10.0. The first-order valence-corrected chi connectivity index (χ1v) is 9.06. The Morgan fingerprint density at radius 1 is 1.18 bits per heavy atom. The van der Waals surface area contributed by atoms with Crippen molar-refractivity contribution in [2.45, 2.75) is 33.3 Å². The van der Waals surface area contributed by atoms with Gasteiger partial charge in [0.2, 0.25) is 0 Å². The lowest BCUT2D eigenvalue weighted by molar-refractivity contribution is -0.143. The van der Waals surface area contributed by atoms with Gasteiger partial charge in [-0.15, -0.1) is 0 Å². The van der Waals surface area contributed by atoms with Crippen LogP contribution in [0.2, 0.25) is 0 Å². The Morgan fingerprint density at radius 3 is 2.75 bits per heavy atom. The number of aryl methyl sites for hydroxylation is 2. The predicted octanol–water partition coefficient (Wildman–Crippen LogP) is 4.32. The monoisotopic (exact) mass is 384 g/mol. The van der Waals surface area contributed by atoms with Crippen LogP contribution in [0, 0.1) is 12.7 Å². The molecule has 0 saturated carbocycles. The number of hydrogen-bond acceptors (Lipinski definition) is 5. The molecule has 0 aliphatic heterocycles. The molecule has 0 N–H and O–H groups in total. The van der Waals surface area contributed by atoms with Crippen molar-refractivity contribution in [3.05, 3.63) is 75.4 Å². The summed E-state index contributed by atoms with van der Waals surface area (Å²) in [4.78, 5) is 23.4. The Bertz CT molecular complexity index is 1050. The van der Waals surface area contributed by atoms with Crippen LogP contribution in [0.25, 0.3) is 11.0 Å². The van der Waals surface area contributed by atoms with E-state index in [0.717, 1.165) is 16.5 Å². The van der Waals surface area contributed by atoms with Crippen molar-refractivity contribution < 1.29 is 23.1 Å². The second kappa shape index (κ2) is 8.69. The highest BCUT2D eigenvalue weighted by Crippen LogP contribution is 2.29. The molecule has 28 heavy (non-hydrogen) atoms. The fourth-order valence-electron chi connectivity index (χ4n) is 2.98. The minimum absolute atomic E-state index is 0.145. The number of benzene rings is 2. The van der Waals surface area contributed by atoms with E-state index in [1.807, 2.05) is 13.0 Å². The van der Waals surface area contributed by atoms with Gasteiger partial charge in [0.15, 0.2) is 0 Å². The molecule has 0 spiro atoms. The number of fused-ring (bicyclic) bond motifs is 1. The summed E-state index contributed by atoms with van der Waals surface area (Å²) >= 11 is 0. The van der Waals surface area contributed by atoms with Crippen LogP contribution in [0.4, 0.5) is 4.39 Å². The smallest absolute Gasteiger partial charge is 0.336 e. The molecule has 0 unspecified atom stereocenters. The summed E-state index contributed by atoms with van der Waals surface area (Å²) in [6.45, 7) is 4.05.